The quantitative estimate of drug-likeness (QED) is 0.572. The van der Waals surface area contributed by atoms with Gasteiger partial charge in [-0.15, -0.1) is 0 Å². The summed E-state index contributed by atoms with van der Waals surface area (Å²) in [6.45, 7) is 3.98. The third kappa shape index (κ3) is 1.62. The SMILES string of the molecule is CC1(C)CC(=O)C2=C(CCCC2)O1. The Hall–Kier alpha value is -0.790. The number of hydrogen-bond acceptors (Lipinski definition) is 2. The highest BCUT2D eigenvalue weighted by atomic mass is 16.5. The fourth-order valence-corrected chi connectivity index (χ4v) is 2.15. The molecule has 13 heavy (non-hydrogen) atoms. The third-order valence-electron chi connectivity index (χ3n) is 2.74. The second kappa shape index (κ2) is 2.86. The highest BCUT2D eigenvalue weighted by Gasteiger charge is 2.34. The molecule has 0 bridgehead atoms. The second-order valence-electron chi connectivity index (χ2n) is 4.57. The first kappa shape index (κ1) is 8.79. The Labute approximate surface area is 79.0 Å². The molecule has 2 aliphatic rings. The van der Waals surface area contributed by atoms with E-state index in [-0.39, 0.29) is 5.60 Å². The molecular formula is C11H16O2. The highest BCUT2D eigenvalue weighted by Crippen LogP contribution is 2.36. The molecule has 0 aromatic heterocycles. The number of allylic oxidation sites excluding steroid dienone is 2. The Morgan fingerprint density at radius 3 is 2.69 bits per heavy atom. The smallest absolute Gasteiger partial charge is 0.166 e. The van der Waals surface area contributed by atoms with E-state index in [0.717, 1.165) is 30.6 Å². The van der Waals surface area contributed by atoms with E-state index in [4.69, 9.17) is 4.74 Å². The lowest BCUT2D eigenvalue weighted by atomic mass is 9.86. The van der Waals surface area contributed by atoms with Gasteiger partial charge in [0.2, 0.25) is 0 Å². The van der Waals surface area contributed by atoms with Gasteiger partial charge in [-0.05, 0) is 33.1 Å². The van der Waals surface area contributed by atoms with Crippen LogP contribution < -0.4 is 0 Å². The predicted octanol–water partition coefficient (Wildman–Crippen LogP) is 2.58. The number of hydrogen-bond donors (Lipinski definition) is 0. The van der Waals surface area contributed by atoms with E-state index in [1.807, 2.05) is 13.8 Å². The zero-order valence-electron chi connectivity index (χ0n) is 8.35. The van der Waals surface area contributed by atoms with Crippen LogP contribution in [0.2, 0.25) is 0 Å². The zero-order valence-corrected chi connectivity index (χ0v) is 8.35. The molecule has 0 unspecified atom stereocenters. The van der Waals surface area contributed by atoms with Crippen LogP contribution >= 0.6 is 0 Å². The van der Waals surface area contributed by atoms with Crippen LogP contribution in [0, 0.1) is 0 Å². The standard InChI is InChI=1S/C11H16O2/c1-11(2)7-9(12)8-5-3-4-6-10(8)13-11/h3-7H2,1-2H3. The molecule has 1 aliphatic heterocycles. The van der Waals surface area contributed by atoms with Crippen LogP contribution in [0.1, 0.15) is 46.0 Å². The molecule has 1 heterocycles. The summed E-state index contributed by atoms with van der Waals surface area (Å²) in [4.78, 5) is 11.7. The maximum absolute atomic E-state index is 11.7. The maximum atomic E-state index is 11.7. The summed E-state index contributed by atoms with van der Waals surface area (Å²) in [5.41, 5.74) is 0.707. The van der Waals surface area contributed by atoms with Gasteiger partial charge in [0.15, 0.2) is 5.78 Å². The summed E-state index contributed by atoms with van der Waals surface area (Å²) in [6, 6.07) is 0. The van der Waals surface area contributed by atoms with Crippen molar-refractivity contribution >= 4 is 5.78 Å². The van der Waals surface area contributed by atoms with E-state index in [2.05, 4.69) is 0 Å². The summed E-state index contributed by atoms with van der Waals surface area (Å²) in [5, 5.41) is 0. The molecular weight excluding hydrogens is 164 g/mol. The van der Waals surface area contributed by atoms with E-state index >= 15 is 0 Å². The zero-order chi connectivity index (χ0) is 9.47. The van der Waals surface area contributed by atoms with Crippen molar-refractivity contribution in [2.45, 2.75) is 51.6 Å². The molecule has 0 amide bonds. The van der Waals surface area contributed by atoms with Gasteiger partial charge in [0.25, 0.3) is 0 Å². The van der Waals surface area contributed by atoms with Gasteiger partial charge in [-0.25, -0.2) is 0 Å². The average molecular weight is 180 g/mol. The molecule has 72 valence electrons. The molecule has 2 nitrogen and oxygen atoms in total. The van der Waals surface area contributed by atoms with Gasteiger partial charge in [0.05, 0.1) is 6.42 Å². The fraction of sp³-hybridized carbons (Fsp3) is 0.727. The molecule has 0 radical (unpaired) electrons. The van der Waals surface area contributed by atoms with Crippen molar-refractivity contribution in [1.29, 1.82) is 0 Å². The largest absolute Gasteiger partial charge is 0.491 e. The normalized spacial score (nSPS) is 26.8. The minimum atomic E-state index is -0.271. The van der Waals surface area contributed by atoms with E-state index in [0.29, 0.717) is 12.2 Å². The first-order chi connectivity index (χ1) is 6.08. The van der Waals surface area contributed by atoms with Crippen molar-refractivity contribution in [3.63, 3.8) is 0 Å². The maximum Gasteiger partial charge on any atom is 0.166 e. The molecule has 0 atom stereocenters. The topological polar surface area (TPSA) is 26.3 Å². The minimum Gasteiger partial charge on any atom is -0.491 e. The highest BCUT2D eigenvalue weighted by molar-refractivity contribution is 5.97. The van der Waals surface area contributed by atoms with Gasteiger partial charge in [0.1, 0.15) is 11.4 Å². The number of ether oxygens (including phenoxy) is 1. The van der Waals surface area contributed by atoms with Crippen LogP contribution in [0.15, 0.2) is 11.3 Å². The Morgan fingerprint density at radius 1 is 1.23 bits per heavy atom. The van der Waals surface area contributed by atoms with Gasteiger partial charge in [0, 0.05) is 12.0 Å². The molecule has 0 N–H and O–H groups in total. The van der Waals surface area contributed by atoms with Crippen molar-refractivity contribution in [2.75, 3.05) is 0 Å². The molecule has 2 rings (SSSR count). The number of ketones is 1. The molecule has 0 fully saturated rings. The Bertz CT molecular complexity index is 274. The molecule has 0 saturated heterocycles. The first-order valence-corrected chi connectivity index (χ1v) is 5.03. The lowest BCUT2D eigenvalue weighted by Gasteiger charge is -2.35. The van der Waals surface area contributed by atoms with Gasteiger partial charge >= 0.3 is 0 Å². The fourth-order valence-electron chi connectivity index (χ4n) is 2.15. The van der Waals surface area contributed by atoms with Gasteiger partial charge < -0.3 is 4.74 Å². The summed E-state index contributed by atoms with van der Waals surface area (Å²) >= 11 is 0. The van der Waals surface area contributed by atoms with Crippen LogP contribution in [-0.2, 0) is 9.53 Å². The van der Waals surface area contributed by atoms with Crippen LogP contribution in [0.3, 0.4) is 0 Å². The van der Waals surface area contributed by atoms with Crippen LogP contribution in [0.4, 0.5) is 0 Å². The first-order valence-electron chi connectivity index (χ1n) is 5.03. The van der Waals surface area contributed by atoms with Gasteiger partial charge in [-0.2, -0.15) is 0 Å². The number of rotatable bonds is 0. The monoisotopic (exact) mass is 180 g/mol. The Morgan fingerprint density at radius 2 is 1.92 bits per heavy atom. The summed E-state index contributed by atoms with van der Waals surface area (Å²) in [5.74, 6) is 1.29. The van der Waals surface area contributed by atoms with Crippen molar-refractivity contribution in [3.8, 4) is 0 Å². The molecule has 0 aromatic rings. The van der Waals surface area contributed by atoms with Gasteiger partial charge in [-0.1, -0.05) is 0 Å². The summed E-state index contributed by atoms with van der Waals surface area (Å²) in [6.07, 6.45) is 4.76. The average Bonchev–Trinajstić information content (AvgIpc) is 2.02. The van der Waals surface area contributed by atoms with Crippen molar-refractivity contribution in [1.82, 2.24) is 0 Å². The van der Waals surface area contributed by atoms with Crippen molar-refractivity contribution < 1.29 is 9.53 Å². The van der Waals surface area contributed by atoms with Crippen LogP contribution in [-0.4, -0.2) is 11.4 Å². The van der Waals surface area contributed by atoms with E-state index in [1.54, 1.807) is 0 Å². The molecule has 2 heteroatoms. The number of carbonyl (C=O) groups is 1. The molecule has 0 spiro atoms. The summed E-state index contributed by atoms with van der Waals surface area (Å²) < 4.78 is 5.81. The van der Waals surface area contributed by atoms with Crippen LogP contribution in [0.25, 0.3) is 0 Å². The summed E-state index contributed by atoms with van der Waals surface area (Å²) in [7, 11) is 0. The Kier molecular flexibility index (Phi) is 1.94. The van der Waals surface area contributed by atoms with E-state index in [1.165, 1.54) is 6.42 Å². The van der Waals surface area contributed by atoms with Gasteiger partial charge in [-0.3, -0.25) is 4.79 Å². The number of Topliss-reactive ketones (excluding diaryl/α,β-unsaturated/α-hetero) is 1. The van der Waals surface area contributed by atoms with Crippen molar-refractivity contribution in [2.24, 2.45) is 0 Å². The van der Waals surface area contributed by atoms with Crippen molar-refractivity contribution in [3.05, 3.63) is 11.3 Å². The third-order valence-corrected chi connectivity index (χ3v) is 2.74. The van der Waals surface area contributed by atoms with E-state index < -0.39 is 0 Å². The predicted molar refractivity (Wildman–Crippen MR) is 50.3 cm³/mol. The Balaban J connectivity index is 2.30. The van der Waals surface area contributed by atoms with Crippen LogP contribution in [0.5, 0.6) is 0 Å². The lowest BCUT2D eigenvalue weighted by molar-refractivity contribution is -0.124. The lowest BCUT2D eigenvalue weighted by Crippen LogP contribution is -2.34. The number of carbonyl (C=O) groups excluding carboxylic acids is 1. The van der Waals surface area contributed by atoms with E-state index in [9.17, 15) is 4.79 Å². The molecule has 0 aromatic carbocycles. The second-order valence-corrected chi connectivity index (χ2v) is 4.57. The minimum absolute atomic E-state index is 0.271. The molecule has 0 saturated carbocycles. The molecule has 1 aliphatic carbocycles.